The molecule has 2 heterocycles. The van der Waals surface area contributed by atoms with E-state index in [0.717, 1.165) is 17.0 Å². The van der Waals surface area contributed by atoms with Crippen LogP contribution in [-0.2, 0) is 4.74 Å². The lowest BCUT2D eigenvalue weighted by molar-refractivity contribution is 0.0757. The number of benzene rings is 2. The Hall–Kier alpha value is -3.65. The normalized spacial score (nSPS) is 11.4. The first kappa shape index (κ1) is 21.6. The number of ether oxygens (including phenoxy) is 2. The second-order valence-corrected chi connectivity index (χ2v) is 7.71. The molecule has 1 amide bonds. The Bertz CT molecular complexity index is 1250. The van der Waals surface area contributed by atoms with Crippen LogP contribution in [-0.4, -0.2) is 46.8 Å². The van der Waals surface area contributed by atoms with Crippen molar-refractivity contribution in [2.45, 2.75) is 26.4 Å². The molecular formula is C24H27N5O3. The number of carbonyl (C=O) groups excluding carboxylic acids is 1. The van der Waals surface area contributed by atoms with E-state index < -0.39 is 0 Å². The van der Waals surface area contributed by atoms with Crippen LogP contribution in [0.1, 0.15) is 30.6 Å². The van der Waals surface area contributed by atoms with Crippen molar-refractivity contribution in [3.63, 3.8) is 0 Å². The number of nitrogens with one attached hydrogen (secondary N) is 1. The lowest BCUT2D eigenvalue weighted by Crippen LogP contribution is -2.26. The molecule has 166 valence electrons. The molecule has 0 saturated heterocycles. The minimum Gasteiger partial charge on any atom is -0.497 e. The van der Waals surface area contributed by atoms with Crippen molar-refractivity contribution in [2.75, 3.05) is 26.0 Å². The van der Waals surface area contributed by atoms with Gasteiger partial charge in [-0.3, -0.25) is 9.36 Å². The van der Waals surface area contributed by atoms with Gasteiger partial charge in [0.2, 0.25) is 0 Å². The summed E-state index contributed by atoms with van der Waals surface area (Å²) >= 11 is 0. The van der Waals surface area contributed by atoms with Crippen LogP contribution in [0.25, 0.3) is 27.9 Å². The lowest BCUT2D eigenvalue weighted by atomic mass is 10.2. The molecule has 4 rings (SSSR count). The summed E-state index contributed by atoms with van der Waals surface area (Å²) in [6.07, 6.45) is 0.864. The average molecular weight is 434 g/mol. The first-order chi connectivity index (χ1) is 15.5. The molecule has 32 heavy (non-hydrogen) atoms. The molecule has 0 aliphatic rings. The monoisotopic (exact) mass is 433 g/mol. The number of nitrogens with zero attached hydrogens (tertiary/aromatic N) is 3. The number of carbonyl (C=O) groups is 1. The SMILES string of the molecule is COc1ccc(-n2c(N)c(C(=O)NCCCOC(C)C)c3nc4ccccc4nc32)cc1. The molecule has 0 saturated carbocycles. The highest BCUT2D eigenvalue weighted by atomic mass is 16.5. The molecule has 2 aromatic carbocycles. The zero-order valence-corrected chi connectivity index (χ0v) is 18.5. The molecule has 8 nitrogen and oxygen atoms in total. The number of anilines is 1. The molecule has 0 bridgehead atoms. The lowest BCUT2D eigenvalue weighted by Gasteiger charge is -2.10. The van der Waals surface area contributed by atoms with Crippen LogP contribution in [0.5, 0.6) is 5.75 Å². The van der Waals surface area contributed by atoms with E-state index in [1.54, 1.807) is 11.7 Å². The first-order valence-electron chi connectivity index (χ1n) is 10.6. The summed E-state index contributed by atoms with van der Waals surface area (Å²) < 4.78 is 12.6. The zero-order valence-electron chi connectivity index (χ0n) is 18.5. The number of rotatable bonds is 8. The van der Waals surface area contributed by atoms with Crippen LogP contribution in [0.15, 0.2) is 48.5 Å². The highest BCUT2D eigenvalue weighted by molar-refractivity contribution is 6.11. The van der Waals surface area contributed by atoms with Gasteiger partial charge in [-0.25, -0.2) is 9.97 Å². The van der Waals surface area contributed by atoms with Crippen molar-refractivity contribution in [1.29, 1.82) is 0 Å². The smallest absolute Gasteiger partial charge is 0.257 e. The summed E-state index contributed by atoms with van der Waals surface area (Å²) in [5, 5.41) is 2.94. The van der Waals surface area contributed by atoms with Gasteiger partial charge in [0.1, 0.15) is 22.6 Å². The van der Waals surface area contributed by atoms with Crippen molar-refractivity contribution in [1.82, 2.24) is 19.9 Å². The molecule has 2 aromatic heterocycles. The fourth-order valence-electron chi connectivity index (χ4n) is 3.56. The second kappa shape index (κ2) is 9.23. The van der Waals surface area contributed by atoms with E-state index in [1.165, 1.54) is 0 Å². The number of fused-ring (bicyclic) bond motifs is 2. The summed E-state index contributed by atoms with van der Waals surface area (Å²) in [5.74, 6) is 0.729. The van der Waals surface area contributed by atoms with Crippen molar-refractivity contribution < 1.29 is 14.3 Å². The molecule has 3 N–H and O–H groups in total. The van der Waals surface area contributed by atoms with E-state index in [-0.39, 0.29) is 17.8 Å². The number of aromatic nitrogens is 3. The molecule has 8 heteroatoms. The van der Waals surface area contributed by atoms with E-state index in [0.29, 0.717) is 41.8 Å². The Morgan fingerprint density at radius 2 is 1.78 bits per heavy atom. The number of nitrogens with two attached hydrogens (primary N) is 1. The fraction of sp³-hybridized carbons (Fsp3) is 0.292. The van der Waals surface area contributed by atoms with Gasteiger partial charge in [-0.05, 0) is 56.7 Å². The predicted octanol–water partition coefficient (Wildman–Crippen LogP) is 3.71. The van der Waals surface area contributed by atoms with Crippen LogP contribution in [0.3, 0.4) is 0 Å². The van der Waals surface area contributed by atoms with Gasteiger partial charge in [-0.15, -0.1) is 0 Å². The van der Waals surface area contributed by atoms with Crippen molar-refractivity contribution >= 4 is 33.9 Å². The summed E-state index contributed by atoms with van der Waals surface area (Å²) in [6, 6.07) is 15.0. The zero-order chi connectivity index (χ0) is 22.7. The van der Waals surface area contributed by atoms with E-state index in [9.17, 15) is 4.79 Å². The largest absolute Gasteiger partial charge is 0.497 e. The Morgan fingerprint density at radius 1 is 1.09 bits per heavy atom. The standard InChI is InChI=1S/C24H27N5O3/c1-15(2)32-14-6-13-26-24(30)20-21-23(28-19-8-5-4-7-18(19)27-21)29(22(20)25)16-9-11-17(31-3)12-10-16/h4-5,7-12,15H,6,13-14,25H2,1-3H3,(H,26,30). The van der Waals surface area contributed by atoms with E-state index in [2.05, 4.69) is 5.32 Å². The number of methoxy groups -OCH3 is 1. The third-order valence-corrected chi connectivity index (χ3v) is 5.11. The van der Waals surface area contributed by atoms with Gasteiger partial charge < -0.3 is 20.5 Å². The summed E-state index contributed by atoms with van der Waals surface area (Å²) in [6.45, 7) is 5.01. The molecule has 0 aliphatic heterocycles. The number of nitrogen functional groups attached to an aromatic ring is 1. The average Bonchev–Trinajstić information content (AvgIpc) is 3.07. The molecule has 0 fully saturated rings. The molecular weight excluding hydrogens is 406 g/mol. The first-order valence-corrected chi connectivity index (χ1v) is 10.6. The van der Waals surface area contributed by atoms with Gasteiger partial charge in [0, 0.05) is 18.8 Å². The predicted molar refractivity (Wildman–Crippen MR) is 125 cm³/mol. The van der Waals surface area contributed by atoms with Crippen LogP contribution in [0, 0.1) is 0 Å². The van der Waals surface area contributed by atoms with Gasteiger partial charge in [0.25, 0.3) is 5.91 Å². The number of hydrogen-bond donors (Lipinski definition) is 2. The minimum atomic E-state index is -0.283. The van der Waals surface area contributed by atoms with Crippen molar-refractivity contribution in [3.05, 3.63) is 54.1 Å². The Kier molecular flexibility index (Phi) is 6.23. The maximum Gasteiger partial charge on any atom is 0.257 e. The summed E-state index contributed by atoms with van der Waals surface area (Å²) in [7, 11) is 1.61. The highest BCUT2D eigenvalue weighted by Gasteiger charge is 2.24. The van der Waals surface area contributed by atoms with Crippen molar-refractivity contribution in [2.24, 2.45) is 0 Å². The maximum absolute atomic E-state index is 13.1. The van der Waals surface area contributed by atoms with Gasteiger partial charge in [0.05, 0.1) is 24.2 Å². The molecule has 0 radical (unpaired) electrons. The van der Waals surface area contributed by atoms with E-state index in [4.69, 9.17) is 25.2 Å². The molecule has 0 spiro atoms. The Balaban J connectivity index is 1.76. The summed E-state index contributed by atoms with van der Waals surface area (Å²) in [4.78, 5) is 22.6. The Morgan fingerprint density at radius 3 is 2.44 bits per heavy atom. The minimum absolute atomic E-state index is 0.160. The molecule has 0 atom stereocenters. The molecule has 0 unspecified atom stereocenters. The van der Waals surface area contributed by atoms with Crippen LogP contribution >= 0.6 is 0 Å². The van der Waals surface area contributed by atoms with Gasteiger partial charge >= 0.3 is 0 Å². The van der Waals surface area contributed by atoms with E-state index in [1.807, 2.05) is 62.4 Å². The topological polar surface area (TPSA) is 104 Å². The number of amides is 1. The third-order valence-electron chi connectivity index (χ3n) is 5.11. The maximum atomic E-state index is 13.1. The molecule has 0 aliphatic carbocycles. The molecule has 4 aromatic rings. The highest BCUT2D eigenvalue weighted by Crippen LogP contribution is 2.31. The number of hydrogen-bond acceptors (Lipinski definition) is 6. The quantitative estimate of drug-likeness (QED) is 0.411. The van der Waals surface area contributed by atoms with Crippen LogP contribution in [0.4, 0.5) is 5.82 Å². The number of para-hydroxylation sites is 2. The second-order valence-electron chi connectivity index (χ2n) is 7.71. The van der Waals surface area contributed by atoms with Crippen LogP contribution in [0.2, 0.25) is 0 Å². The van der Waals surface area contributed by atoms with Gasteiger partial charge in [-0.2, -0.15) is 0 Å². The third kappa shape index (κ3) is 4.22. The fourth-order valence-corrected chi connectivity index (χ4v) is 3.56. The van der Waals surface area contributed by atoms with E-state index >= 15 is 0 Å². The summed E-state index contributed by atoms with van der Waals surface area (Å²) in [5.41, 5.74) is 10.0. The van der Waals surface area contributed by atoms with Gasteiger partial charge in [-0.1, -0.05) is 12.1 Å². The van der Waals surface area contributed by atoms with Gasteiger partial charge in [0.15, 0.2) is 5.65 Å². The van der Waals surface area contributed by atoms with Crippen molar-refractivity contribution in [3.8, 4) is 11.4 Å². The van der Waals surface area contributed by atoms with Crippen LogP contribution < -0.4 is 15.8 Å². The Labute approximate surface area is 186 Å².